The maximum Gasteiger partial charge on any atom is 0.113 e. The van der Waals surface area contributed by atoms with E-state index in [1.807, 2.05) is 12.1 Å². The number of halogens is 2. The van der Waals surface area contributed by atoms with Crippen molar-refractivity contribution in [2.75, 3.05) is 0 Å². The van der Waals surface area contributed by atoms with Gasteiger partial charge in [0.15, 0.2) is 0 Å². The van der Waals surface area contributed by atoms with Crippen molar-refractivity contribution in [2.45, 2.75) is 19.0 Å². The minimum absolute atomic E-state index is 0.519. The predicted molar refractivity (Wildman–Crippen MR) is 72.8 cm³/mol. The van der Waals surface area contributed by atoms with Crippen LogP contribution in [0.15, 0.2) is 33.7 Å². The maximum absolute atomic E-state index is 6.08. The van der Waals surface area contributed by atoms with Crippen LogP contribution in [0.1, 0.15) is 12.0 Å². The number of aliphatic imine (C=N–C) groups is 1. The third-order valence-corrected chi connectivity index (χ3v) is 4.71. The molecule has 3 aliphatic rings. The summed E-state index contributed by atoms with van der Waals surface area (Å²) in [5.74, 6) is 1.74. The van der Waals surface area contributed by atoms with E-state index in [2.05, 4.69) is 33.0 Å². The molecule has 2 atom stereocenters. The van der Waals surface area contributed by atoms with Crippen LogP contribution in [0, 0.1) is 5.92 Å². The zero-order valence-corrected chi connectivity index (χ0v) is 11.4. The summed E-state index contributed by atoms with van der Waals surface area (Å²) in [7, 11) is 0. The molecule has 1 fully saturated rings. The van der Waals surface area contributed by atoms with Gasteiger partial charge in [0.1, 0.15) is 5.84 Å². The van der Waals surface area contributed by atoms with Crippen LogP contribution in [0.25, 0.3) is 0 Å². The molecule has 0 N–H and O–H groups in total. The highest BCUT2D eigenvalue weighted by atomic mass is 79.9. The zero-order valence-electron chi connectivity index (χ0n) is 9.03. The molecule has 2 aliphatic heterocycles. The Bertz CT molecular complexity index is 579. The van der Waals surface area contributed by atoms with E-state index < -0.39 is 0 Å². The number of nitrogens with zero attached hydrogens (tertiary/aromatic N) is 2. The summed E-state index contributed by atoms with van der Waals surface area (Å²) in [5, 5.41) is 0.743. The van der Waals surface area contributed by atoms with Gasteiger partial charge in [0.25, 0.3) is 0 Å². The van der Waals surface area contributed by atoms with Gasteiger partial charge in [-0.05, 0) is 18.6 Å². The second kappa shape index (κ2) is 3.36. The number of amidine groups is 1. The van der Waals surface area contributed by atoms with E-state index in [0.29, 0.717) is 12.0 Å². The quantitative estimate of drug-likeness (QED) is 0.664. The Labute approximate surface area is 113 Å². The van der Waals surface area contributed by atoms with Crippen LogP contribution < -0.4 is 0 Å². The van der Waals surface area contributed by atoms with Crippen molar-refractivity contribution in [3.63, 3.8) is 0 Å². The average molecular weight is 310 g/mol. The van der Waals surface area contributed by atoms with Crippen molar-refractivity contribution in [1.29, 1.82) is 0 Å². The number of rotatable bonds is 0. The van der Waals surface area contributed by atoms with Crippen molar-refractivity contribution < 1.29 is 0 Å². The number of benzene rings is 1. The van der Waals surface area contributed by atoms with Crippen molar-refractivity contribution in [3.8, 4) is 0 Å². The van der Waals surface area contributed by atoms with Crippen LogP contribution in [0.3, 0.4) is 0 Å². The van der Waals surface area contributed by atoms with Gasteiger partial charge in [-0.25, -0.2) is 4.99 Å². The second-order valence-corrected chi connectivity index (χ2v) is 6.07. The molecule has 86 valence electrons. The molecule has 2 nitrogen and oxygen atoms in total. The molecule has 4 heteroatoms. The molecule has 0 saturated carbocycles. The Hall–Kier alpha value is -0.800. The highest BCUT2D eigenvalue weighted by Gasteiger charge is 2.41. The van der Waals surface area contributed by atoms with Crippen molar-refractivity contribution >= 4 is 39.1 Å². The molecule has 0 spiro atoms. The van der Waals surface area contributed by atoms with Crippen LogP contribution in [-0.4, -0.2) is 16.8 Å². The SMILES string of the molecule is Clc1cc(Br)c2c(c1)N=C1C3C=CC(C3)N1C2. The Morgan fingerprint density at radius 1 is 1.35 bits per heavy atom. The van der Waals surface area contributed by atoms with Gasteiger partial charge in [-0.3, -0.25) is 0 Å². The van der Waals surface area contributed by atoms with E-state index in [9.17, 15) is 0 Å². The molecule has 17 heavy (non-hydrogen) atoms. The average Bonchev–Trinajstić information content (AvgIpc) is 2.87. The first kappa shape index (κ1) is 10.2. The maximum atomic E-state index is 6.08. The first-order chi connectivity index (χ1) is 8.22. The van der Waals surface area contributed by atoms with Crippen molar-refractivity contribution in [1.82, 2.24) is 4.90 Å². The van der Waals surface area contributed by atoms with Gasteiger partial charge in [0.2, 0.25) is 0 Å². The van der Waals surface area contributed by atoms with E-state index >= 15 is 0 Å². The summed E-state index contributed by atoms with van der Waals surface area (Å²) < 4.78 is 1.06. The van der Waals surface area contributed by atoms with Crippen molar-refractivity contribution in [2.24, 2.45) is 10.9 Å². The van der Waals surface area contributed by atoms with Crippen LogP contribution in [-0.2, 0) is 6.54 Å². The van der Waals surface area contributed by atoms with Crippen LogP contribution >= 0.6 is 27.5 Å². The molecule has 0 radical (unpaired) electrons. The summed E-state index contributed by atoms with van der Waals surface area (Å²) in [6.07, 6.45) is 5.78. The molecule has 0 aromatic heterocycles. The second-order valence-electron chi connectivity index (χ2n) is 4.78. The largest absolute Gasteiger partial charge is 0.349 e. The normalized spacial score (nSPS) is 28.1. The van der Waals surface area contributed by atoms with Gasteiger partial charge < -0.3 is 4.90 Å². The lowest BCUT2D eigenvalue weighted by Crippen LogP contribution is -2.36. The first-order valence-corrected chi connectivity index (χ1v) is 6.91. The van der Waals surface area contributed by atoms with Gasteiger partial charge in [-0.1, -0.05) is 39.7 Å². The number of hydrogen-bond donors (Lipinski definition) is 0. The fourth-order valence-electron chi connectivity index (χ4n) is 2.97. The first-order valence-electron chi connectivity index (χ1n) is 5.74. The van der Waals surface area contributed by atoms with Gasteiger partial charge in [-0.15, -0.1) is 0 Å². The third kappa shape index (κ3) is 1.36. The molecular weight excluding hydrogens is 300 g/mol. The highest BCUT2D eigenvalue weighted by Crippen LogP contribution is 2.43. The number of fused-ring (bicyclic) bond motifs is 6. The molecule has 2 heterocycles. The number of hydrogen-bond acceptors (Lipinski definition) is 2. The standard InChI is InChI=1S/C13H10BrClN2/c14-11-4-8(15)5-12-10(11)6-17-9-2-1-7(3-9)13(17)16-12/h1-2,4-5,7,9H,3,6H2. The summed E-state index contributed by atoms with van der Waals surface area (Å²) in [6, 6.07) is 4.46. The molecule has 2 unspecified atom stereocenters. The molecule has 0 amide bonds. The van der Waals surface area contributed by atoms with Crippen molar-refractivity contribution in [3.05, 3.63) is 39.3 Å². The molecule has 4 rings (SSSR count). The minimum Gasteiger partial charge on any atom is -0.349 e. The smallest absolute Gasteiger partial charge is 0.113 e. The van der Waals surface area contributed by atoms with Gasteiger partial charge in [0.05, 0.1) is 5.69 Å². The lowest BCUT2D eigenvalue weighted by molar-refractivity contribution is 0.377. The Kier molecular flexibility index (Phi) is 2.01. The molecule has 1 aromatic rings. The van der Waals surface area contributed by atoms with Crippen LogP contribution in [0.4, 0.5) is 5.69 Å². The van der Waals surface area contributed by atoms with E-state index in [-0.39, 0.29) is 0 Å². The van der Waals surface area contributed by atoms with E-state index in [1.165, 1.54) is 17.8 Å². The van der Waals surface area contributed by atoms with E-state index in [0.717, 1.165) is 21.7 Å². The Balaban J connectivity index is 1.90. The van der Waals surface area contributed by atoms with E-state index in [1.54, 1.807) is 0 Å². The van der Waals surface area contributed by atoms with Crippen LogP contribution in [0.2, 0.25) is 5.02 Å². The monoisotopic (exact) mass is 308 g/mol. The fraction of sp³-hybridized carbons (Fsp3) is 0.308. The van der Waals surface area contributed by atoms with Gasteiger partial charge >= 0.3 is 0 Å². The minimum atomic E-state index is 0.519. The topological polar surface area (TPSA) is 15.6 Å². The molecule has 1 saturated heterocycles. The lowest BCUT2D eigenvalue weighted by Gasteiger charge is -2.32. The zero-order chi connectivity index (χ0) is 11.6. The van der Waals surface area contributed by atoms with Gasteiger partial charge in [0, 0.05) is 33.6 Å². The molecule has 1 aliphatic carbocycles. The van der Waals surface area contributed by atoms with E-state index in [4.69, 9.17) is 16.6 Å². The van der Waals surface area contributed by atoms with Crippen LogP contribution in [0.5, 0.6) is 0 Å². The molecular formula is C13H10BrClN2. The summed E-state index contributed by atoms with van der Waals surface area (Å²) >= 11 is 9.66. The molecule has 1 aromatic carbocycles. The Morgan fingerprint density at radius 2 is 2.24 bits per heavy atom. The molecule has 2 bridgehead atoms. The summed E-state index contributed by atoms with van der Waals surface area (Å²) in [6.45, 7) is 0.942. The fourth-order valence-corrected chi connectivity index (χ4v) is 3.89. The third-order valence-electron chi connectivity index (χ3n) is 3.79. The lowest BCUT2D eigenvalue weighted by atomic mass is 10.1. The summed E-state index contributed by atoms with van der Waals surface area (Å²) in [5.41, 5.74) is 2.27. The predicted octanol–water partition coefficient (Wildman–Crippen LogP) is 3.91. The Morgan fingerprint density at radius 3 is 3.12 bits per heavy atom. The highest BCUT2D eigenvalue weighted by molar-refractivity contribution is 9.10. The summed E-state index contributed by atoms with van der Waals surface area (Å²) in [4.78, 5) is 7.20. The van der Waals surface area contributed by atoms with Gasteiger partial charge in [-0.2, -0.15) is 0 Å².